The summed E-state index contributed by atoms with van der Waals surface area (Å²) in [5, 5.41) is 4.59. The molecule has 0 aliphatic rings. The number of ether oxygens (including phenoxy) is 1. The number of nitrogens with zero attached hydrogens (tertiary/aromatic N) is 2. The van der Waals surface area contributed by atoms with Crippen LogP contribution in [0.2, 0.25) is 0 Å². The smallest absolute Gasteiger partial charge is 0.332 e. The van der Waals surface area contributed by atoms with E-state index in [1.807, 2.05) is 61.5 Å². The van der Waals surface area contributed by atoms with Crippen LogP contribution in [0, 0.1) is 0 Å². The average Bonchev–Trinajstić information content (AvgIpc) is 3.29. The van der Waals surface area contributed by atoms with Gasteiger partial charge in [0.05, 0.1) is 18.7 Å². The van der Waals surface area contributed by atoms with Gasteiger partial charge in [-0.15, -0.1) is 11.3 Å². The van der Waals surface area contributed by atoms with E-state index >= 15 is 0 Å². The zero-order valence-corrected chi connectivity index (χ0v) is 18.4. The molecule has 4 aromatic rings. The molecule has 0 unspecified atom stereocenters. The van der Waals surface area contributed by atoms with Crippen molar-refractivity contribution < 1.29 is 9.53 Å². The third-order valence-corrected chi connectivity index (χ3v) is 5.91. The van der Waals surface area contributed by atoms with Crippen LogP contribution in [0.15, 0.2) is 75.6 Å². The molecule has 0 aliphatic carbocycles. The highest BCUT2D eigenvalue weighted by molar-refractivity contribution is 7.17. The average molecular weight is 450 g/mol. The van der Waals surface area contributed by atoms with Gasteiger partial charge in [-0.3, -0.25) is 18.7 Å². The third kappa shape index (κ3) is 4.65. The van der Waals surface area contributed by atoms with Gasteiger partial charge in [0, 0.05) is 6.54 Å². The molecule has 0 atom stereocenters. The van der Waals surface area contributed by atoms with Gasteiger partial charge in [0.1, 0.15) is 17.0 Å². The van der Waals surface area contributed by atoms with E-state index in [2.05, 4.69) is 5.32 Å². The highest BCUT2D eigenvalue weighted by Crippen LogP contribution is 2.17. The van der Waals surface area contributed by atoms with Crippen molar-refractivity contribution in [3.8, 4) is 5.75 Å². The van der Waals surface area contributed by atoms with Crippen LogP contribution in [0.5, 0.6) is 5.75 Å². The van der Waals surface area contributed by atoms with Crippen molar-refractivity contribution in [2.45, 2.75) is 26.6 Å². The van der Waals surface area contributed by atoms with Crippen molar-refractivity contribution in [2.75, 3.05) is 6.61 Å². The number of fused-ring (bicyclic) bond motifs is 1. The summed E-state index contributed by atoms with van der Waals surface area (Å²) >= 11 is 1.26. The molecule has 0 aliphatic heterocycles. The predicted molar refractivity (Wildman–Crippen MR) is 125 cm³/mol. The lowest BCUT2D eigenvalue weighted by Gasteiger charge is -2.13. The van der Waals surface area contributed by atoms with Gasteiger partial charge in [0.2, 0.25) is 5.91 Å². The highest BCUT2D eigenvalue weighted by Gasteiger charge is 2.17. The number of hydrogen-bond donors (Lipinski definition) is 1. The Morgan fingerprint density at radius 3 is 2.56 bits per heavy atom. The van der Waals surface area contributed by atoms with E-state index in [1.165, 1.54) is 20.5 Å². The molecule has 0 radical (unpaired) electrons. The quantitative estimate of drug-likeness (QED) is 0.448. The second-order valence-corrected chi connectivity index (χ2v) is 8.15. The van der Waals surface area contributed by atoms with Crippen molar-refractivity contribution >= 4 is 27.5 Å². The first kappa shape index (κ1) is 21.6. The van der Waals surface area contributed by atoms with Crippen molar-refractivity contribution in [3.05, 3.63) is 98.0 Å². The summed E-state index contributed by atoms with van der Waals surface area (Å²) in [5.74, 6) is 0.378. The Morgan fingerprint density at radius 1 is 1.00 bits per heavy atom. The Bertz CT molecular complexity index is 1360. The van der Waals surface area contributed by atoms with Crippen LogP contribution in [0.4, 0.5) is 0 Å². The molecule has 0 saturated carbocycles. The first-order valence-electron chi connectivity index (χ1n) is 10.3. The van der Waals surface area contributed by atoms with E-state index in [-0.39, 0.29) is 24.6 Å². The molecule has 1 amide bonds. The number of rotatable bonds is 8. The molecular formula is C24H23N3O4S. The second-order valence-electron chi connectivity index (χ2n) is 7.24. The Morgan fingerprint density at radius 2 is 1.78 bits per heavy atom. The molecule has 0 bridgehead atoms. The third-order valence-electron chi connectivity index (χ3n) is 5.02. The Balaban J connectivity index is 1.64. The zero-order valence-electron chi connectivity index (χ0n) is 17.6. The fourth-order valence-electron chi connectivity index (χ4n) is 3.50. The number of nitrogens with one attached hydrogen (secondary N) is 1. The first-order chi connectivity index (χ1) is 15.6. The highest BCUT2D eigenvalue weighted by atomic mass is 32.1. The molecule has 0 fully saturated rings. The van der Waals surface area contributed by atoms with Crippen LogP contribution < -0.4 is 21.3 Å². The lowest BCUT2D eigenvalue weighted by Crippen LogP contribution is -2.42. The van der Waals surface area contributed by atoms with Gasteiger partial charge in [-0.1, -0.05) is 42.5 Å². The molecule has 0 saturated heterocycles. The van der Waals surface area contributed by atoms with Gasteiger partial charge in [0.25, 0.3) is 5.56 Å². The summed E-state index contributed by atoms with van der Waals surface area (Å²) in [6.45, 7) is 2.71. The van der Waals surface area contributed by atoms with E-state index in [9.17, 15) is 14.4 Å². The number of hydrogen-bond acceptors (Lipinski definition) is 5. The van der Waals surface area contributed by atoms with E-state index in [0.717, 1.165) is 11.1 Å². The van der Waals surface area contributed by atoms with Crippen molar-refractivity contribution in [1.82, 2.24) is 14.5 Å². The molecule has 2 aromatic heterocycles. The summed E-state index contributed by atoms with van der Waals surface area (Å²) in [7, 11) is 0. The summed E-state index contributed by atoms with van der Waals surface area (Å²) in [5.41, 5.74) is 1.33. The van der Waals surface area contributed by atoms with Gasteiger partial charge >= 0.3 is 5.69 Å². The number of aromatic nitrogens is 2. The monoisotopic (exact) mass is 449 g/mol. The van der Waals surface area contributed by atoms with Crippen LogP contribution in [0.1, 0.15) is 18.1 Å². The molecule has 7 nitrogen and oxygen atoms in total. The van der Waals surface area contributed by atoms with Crippen molar-refractivity contribution in [2.24, 2.45) is 0 Å². The number of thiophene rings is 1. The number of carbonyl (C=O) groups excluding carboxylic acids is 1. The van der Waals surface area contributed by atoms with Crippen molar-refractivity contribution in [3.63, 3.8) is 0 Å². The minimum atomic E-state index is -0.516. The van der Waals surface area contributed by atoms with Crippen LogP contribution in [0.3, 0.4) is 0 Å². The van der Waals surface area contributed by atoms with E-state index in [4.69, 9.17) is 4.74 Å². The molecule has 0 spiro atoms. The Hall–Kier alpha value is -3.65. The molecule has 32 heavy (non-hydrogen) atoms. The maximum atomic E-state index is 13.2. The topological polar surface area (TPSA) is 82.3 Å². The predicted octanol–water partition coefficient (Wildman–Crippen LogP) is 2.99. The normalized spacial score (nSPS) is 10.9. The van der Waals surface area contributed by atoms with Crippen LogP contribution in [-0.4, -0.2) is 21.6 Å². The van der Waals surface area contributed by atoms with Gasteiger partial charge < -0.3 is 10.1 Å². The SMILES string of the molecule is CCOc1cccc(Cn2c(=O)c3sccc3n(CC(=O)NCc3ccccc3)c2=O)c1. The van der Waals surface area contributed by atoms with Gasteiger partial charge in [-0.2, -0.15) is 0 Å². The van der Waals surface area contributed by atoms with Crippen LogP contribution in [-0.2, 0) is 24.4 Å². The fraction of sp³-hybridized carbons (Fsp3) is 0.208. The molecule has 1 N–H and O–H groups in total. The lowest BCUT2D eigenvalue weighted by molar-refractivity contribution is -0.121. The molecule has 2 aromatic carbocycles. The first-order valence-corrected chi connectivity index (χ1v) is 11.2. The van der Waals surface area contributed by atoms with E-state index < -0.39 is 5.69 Å². The maximum absolute atomic E-state index is 13.2. The summed E-state index contributed by atoms with van der Waals surface area (Å²) < 4.78 is 8.50. The summed E-state index contributed by atoms with van der Waals surface area (Å²) in [6, 6.07) is 18.5. The van der Waals surface area contributed by atoms with Crippen molar-refractivity contribution in [1.29, 1.82) is 0 Å². The van der Waals surface area contributed by atoms with Gasteiger partial charge in [-0.05, 0) is 41.6 Å². The minimum Gasteiger partial charge on any atom is -0.494 e. The largest absolute Gasteiger partial charge is 0.494 e. The molecular weight excluding hydrogens is 426 g/mol. The van der Waals surface area contributed by atoms with E-state index in [1.54, 1.807) is 11.4 Å². The molecule has 4 rings (SSSR count). The molecule has 164 valence electrons. The second kappa shape index (κ2) is 9.65. The standard InChI is InChI=1S/C24H23N3O4S/c1-2-31-19-10-6-9-18(13-19)15-27-23(29)22-20(11-12-32-22)26(24(27)30)16-21(28)25-14-17-7-4-3-5-8-17/h3-13H,2,14-16H2,1H3,(H,25,28). The van der Waals surface area contributed by atoms with E-state index in [0.29, 0.717) is 29.1 Å². The molecule has 8 heteroatoms. The zero-order chi connectivity index (χ0) is 22.5. The number of benzene rings is 2. The van der Waals surface area contributed by atoms with Gasteiger partial charge in [-0.25, -0.2) is 4.79 Å². The fourth-order valence-corrected chi connectivity index (χ4v) is 4.35. The minimum absolute atomic E-state index is 0.0953. The summed E-state index contributed by atoms with van der Waals surface area (Å²) in [4.78, 5) is 38.9. The summed E-state index contributed by atoms with van der Waals surface area (Å²) in [6.07, 6.45) is 0. The van der Waals surface area contributed by atoms with Gasteiger partial charge in [0.15, 0.2) is 0 Å². The van der Waals surface area contributed by atoms with Crippen LogP contribution >= 0.6 is 11.3 Å². The number of amides is 1. The number of carbonyl (C=O) groups is 1. The lowest BCUT2D eigenvalue weighted by atomic mass is 10.2. The van der Waals surface area contributed by atoms with Crippen LogP contribution in [0.25, 0.3) is 10.2 Å². The molecule has 2 heterocycles. The Labute approximate surface area is 188 Å². The maximum Gasteiger partial charge on any atom is 0.332 e. The Kier molecular flexibility index (Phi) is 6.51.